The predicted molar refractivity (Wildman–Crippen MR) is 55.7 cm³/mol. The SMILES string of the molecule is CC(C)C1(C)C=CN=C(CO)C=C1. The Bertz CT molecular complexity index is 263. The molecule has 1 N–H and O–H groups in total. The van der Waals surface area contributed by atoms with Gasteiger partial charge in [0.2, 0.25) is 0 Å². The zero-order valence-electron chi connectivity index (χ0n) is 8.49. The fourth-order valence-corrected chi connectivity index (χ4v) is 1.15. The standard InChI is InChI=1S/C11H17NO/c1-9(2)11(3)5-4-10(8-13)12-7-6-11/h4-7,9,13H,8H2,1-3H3. The van der Waals surface area contributed by atoms with Gasteiger partial charge in [-0.05, 0) is 12.0 Å². The van der Waals surface area contributed by atoms with E-state index in [9.17, 15) is 0 Å². The number of allylic oxidation sites excluding steroid dienone is 2. The number of hydrogen-bond acceptors (Lipinski definition) is 2. The Morgan fingerprint density at radius 1 is 1.46 bits per heavy atom. The van der Waals surface area contributed by atoms with Gasteiger partial charge in [-0.1, -0.05) is 32.9 Å². The summed E-state index contributed by atoms with van der Waals surface area (Å²) < 4.78 is 0. The van der Waals surface area contributed by atoms with Crippen molar-refractivity contribution in [3.63, 3.8) is 0 Å². The Kier molecular flexibility index (Phi) is 3.04. The van der Waals surface area contributed by atoms with E-state index in [0.29, 0.717) is 5.92 Å². The van der Waals surface area contributed by atoms with Crippen molar-refractivity contribution in [1.82, 2.24) is 0 Å². The summed E-state index contributed by atoms with van der Waals surface area (Å²) in [6.45, 7) is 6.53. The molecule has 0 saturated heterocycles. The topological polar surface area (TPSA) is 32.6 Å². The number of aliphatic hydroxyl groups excluding tert-OH is 1. The highest BCUT2D eigenvalue weighted by molar-refractivity contribution is 5.96. The van der Waals surface area contributed by atoms with Crippen LogP contribution in [0.2, 0.25) is 0 Å². The minimum Gasteiger partial charge on any atom is -0.390 e. The first-order valence-electron chi connectivity index (χ1n) is 4.63. The van der Waals surface area contributed by atoms with Gasteiger partial charge in [0.05, 0.1) is 12.3 Å². The summed E-state index contributed by atoms with van der Waals surface area (Å²) in [4.78, 5) is 4.12. The number of rotatable bonds is 2. The molecule has 1 aliphatic rings. The summed E-state index contributed by atoms with van der Waals surface area (Å²) in [5.74, 6) is 0.535. The lowest BCUT2D eigenvalue weighted by Crippen LogP contribution is -2.17. The molecule has 0 bridgehead atoms. The van der Waals surface area contributed by atoms with Crippen molar-refractivity contribution >= 4 is 5.71 Å². The smallest absolute Gasteiger partial charge is 0.0852 e. The molecule has 0 aromatic rings. The van der Waals surface area contributed by atoms with Crippen LogP contribution >= 0.6 is 0 Å². The molecule has 0 radical (unpaired) electrons. The Labute approximate surface area is 79.7 Å². The lowest BCUT2D eigenvalue weighted by atomic mass is 9.79. The summed E-state index contributed by atoms with van der Waals surface area (Å²) in [5, 5.41) is 8.91. The van der Waals surface area contributed by atoms with Crippen LogP contribution in [0.25, 0.3) is 0 Å². The summed E-state index contributed by atoms with van der Waals surface area (Å²) in [7, 11) is 0. The third-order valence-corrected chi connectivity index (χ3v) is 2.71. The summed E-state index contributed by atoms with van der Waals surface area (Å²) in [5.41, 5.74) is 0.779. The summed E-state index contributed by atoms with van der Waals surface area (Å²) in [6.07, 6.45) is 7.87. The first kappa shape index (κ1) is 10.2. The van der Waals surface area contributed by atoms with Crippen LogP contribution in [0.4, 0.5) is 0 Å². The van der Waals surface area contributed by atoms with Crippen molar-refractivity contribution in [1.29, 1.82) is 0 Å². The highest BCUT2D eigenvalue weighted by atomic mass is 16.3. The molecule has 1 aliphatic heterocycles. The molecule has 0 fully saturated rings. The van der Waals surface area contributed by atoms with Gasteiger partial charge in [-0.15, -0.1) is 0 Å². The average Bonchev–Trinajstić information content (AvgIpc) is 2.28. The summed E-state index contributed by atoms with van der Waals surface area (Å²) in [6, 6.07) is 0. The average molecular weight is 179 g/mol. The van der Waals surface area contributed by atoms with E-state index in [-0.39, 0.29) is 12.0 Å². The second-order valence-corrected chi connectivity index (χ2v) is 3.95. The van der Waals surface area contributed by atoms with Gasteiger partial charge in [0.1, 0.15) is 0 Å². The number of aliphatic hydroxyl groups is 1. The molecule has 2 heteroatoms. The number of hydrogen-bond donors (Lipinski definition) is 1. The highest BCUT2D eigenvalue weighted by Gasteiger charge is 2.22. The quantitative estimate of drug-likeness (QED) is 0.692. The third-order valence-electron chi connectivity index (χ3n) is 2.71. The van der Waals surface area contributed by atoms with Crippen molar-refractivity contribution in [3.8, 4) is 0 Å². The maximum absolute atomic E-state index is 8.91. The highest BCUT2D eigenvalue weighted by Crippen LogP contribution is 2.31. The molecule has 0 aromatic carbocycles. The van der Waals surface area contributed by atoms with Crippen molar-refractivity contribution < 1.29 is 5.11 Å². The second kappa shape index (κ2) is 3.88. The second-order valence-electron chi connectivity index (χ2n) is 3.95. The van der Waals surface area contributed by atoms with Crippen molar-refractivity contribution in [3.05, 3.63) is 24.4 Å². The van der Waals surface area contributed by atoms with Gasteiger partial charge in [-0.2, -0.15) is 0 Å². The fraction of sp³-hybridized carbons (Fsp3) is 0.545. The van der Waals surface area contributed by atoms with Gasteiger partial charge in [0.25, 0.3) is 0 Å². The first-order chi connectivity index (χ1) is 6.08. The Hall–Kier alpha value is -0.890. The Morgan fingerprint density at radius 3 is 2.69 bits per heavy atom. The monoisotopic (exact) mass is 179 g/mol. The maximum Gasteiger partial charge on any atom is 0.0852 e. The van der Waals surface area contributed by atoms with Gasteiger partial charge < -0.3 is 5.11 Å². The molecule has 1 heterocycles. The molecule has 72 valence electrons. The molecule has 13 heavy (non-hydrogen) atoms. The van der Waals surface area contributed by atoms with E-state index < -0.39 is 0 Å². The zero-order chi connectivity index (χ0) is 9.90. The number of aliphatic imine (C=N–C) groups is 1. The van der Waals surface area contributed by atoms with Crippen LogP contribution in [0.15, 0.2) is 29.4 Å². The van der Waals surface area contributed by atoms with Gasteiger partial charge in [0, 0.05) is 11.6 Å². The molecule has 0 aromatic heterocycles. The van der Waals surface area contributed by atoms with Crippen LogP contribution in [0.5, 0.6) is 0 Å². The van der Waals surface area contributed by atoms with E-state index in [4.69, 9.17) is 5.11 Å². The predicted octanol–water partition coefficient (Wildman–Crippen LogP) is 2.17. The Balaban J connectivity index is 2.89. The van der Waals surface area contributed by atoms with E-state index in [1.165, 1.54) is 0 Å². The van der Waals surface area contributed by atoms with Crippen LogP contribution in [-0.2, 0) is 0 Å². The molecule has 0 amide bonds. The normalized spacial score (nSPS) is 27.6. The van der Waals surface area contributed by atoms with Gasteiger partial charge in [-0.3, -0.25) is 4.99 Å². The van der Waals surface area contributed by atoms with Gasteiger partial charge in [0.15, 0.2) is 0 Å². The van der Waals surface area contributed by atoms with Gasteiger partial charge in [-0.25, -0.2) is 0 Å². The molecular weight excluding hydrogens is 162 g/mol. The third kappa shape index (κ3) is 2.28. The lowest BCUT2D eigenvalue weighted by Gasteiger charge is -2.25. The fourth-order valence-electron chi connectivity index (χ4n) is 1.15. The minimum atomic E-state index is 0.00894. The van der Waals surface area contributed by atoms with E-state index in [2.05, 4.69) is 37.9 Å². The largest absolute Gasteiger partial charge is 0.390 e. The number of nitrogens with zero attached hydrogens (tertiary/aromatic N) is 1. The minimum absolute atomic E-state index is 0.00894. The van der Waals surface area contributed by atoms with Gasteiger partial charge >= 0.3 is 0 Å². The lowest BCUT2D eigenvalue weighted by molar-refractivity contribution is 0.358. The van der Waals surface area contributed by atoms with E-state index >= 15 is 0 Å². The molecule has 2 nitrogen and oxygen atoms in total. The van der Waals surface area contributed by atoms with Crippen LogP contribution in [0, 0.1) is 11.3 Å². The first-order valence-corrected chi connectivity index (χ1v) is 4.63. The summed E-state index contributed by atoms with van der Waals surface area (Å²) >= 11 is 0. The van der Waals surface area contributed by atoms with Crippen molar-refractivity contribution in [2.24, 2.45) is 16.3 Å². The van der Waals surface area contributed by atoms with Crippen LogP contribution < -0.4 is 0 Å². The molecule has 1 rings (SSSR count). The molecule has 1 atom stereocenters. The van der Waals surface area contributed by atoms with Crippen LogP contribution in [0.3, 0.4) is 0 Å². The van der Waals surface area contributed by atoms with E-state index in [0.717, 1.165) is 5.71 Å². The Morgan fingerprint density at radius 2 is 2.15 bits per heavy atom. The van der Waals surface area contributed by atoms with E-state index in [1.807, 2.05) is 6.08 Å². The van der Waals surface area contributed by atoms with Crippen molar-refractivity contribution in [2.45, 2.75) is 20.8 Å². The van der Waals surface area contributed by atoms with Crippen molar-refractivity contribution in [2.75, 3.05) is 6.61 Å². The molecule has 0 saturated carbocycles. The molecule has 1 unspecified atom stereocenters. The zero-order valence-corrected chi connectivity index (χ0v) is 8.49. The molecular formula is C11H17NO. The molecule has 0 spiro atoms. The molecule has 0 aliphatic carbocycles. The van der Waals surface area contributed by atoms with E-state index in [1.54, 1.807) is 6.20 Å². The van der Waals surface area contributed by atoms with Crippen LogP contribution in [0.1, 0.15) is 20.8 Å². The van der Waals surface area contributed by atoms with Crippen LogP contribution in [-0.4, -0.2) is 17.4 Å². The maximum atomic E-state index is 8.91.